The second-order valence-electron chi connectivity index (χ2n) is 6.41. The Hall–Kier alpha value is -2.93. The van der Waals surface area contributed by atoms with E-state index < -0.39 is 5.56 Å². The zero-order valence-corrected chi connectivity index (χ0v) is 16.5. The zero-order chi connectivity index (χ0) is 19.1. The van der Waals surface area contributed by atoms with Crippen molar-refractivity contribution in [2.24, 2.45) is 14.1 Å². The highest BCUT2D eigenvalue weighted by molar-refractivity contribution is 9.10. The van der Waals surface area contributed by atoms with Gasteiger partial charge in [0.1, 0.15) is 0 Å². The highest BCUT2D eigenvalue weighted by Gasteiger charge is 2.17. The summed E-state index contributed by atoms with van der Waals surface area (Å²) in [7, 11) is 3.10. The van der Waals surface area contributed by atoms with E-state index in [-0.39, 0.29) is 11.2 Å². The van der Waals surface area contributed by atoms with E-state index in [4.69, 9.17) is 0 Å². The number of fused-ring (bicyclic) bond motifs is 1. The molecule has 0 unspecified atom stereocenters. The molecular weight excluding hydrogens is 408 g/mol. The first-order chi connectivity index (χ1) is 13.0. The molecule has 4 rings (SSSR count). The minimum absolute atomic E-state index is 0.271. The number of imidazole rings is 1. The van der Waals surface area contributed by atoms with E-state index in [0.717, 1.165) is 21.3 Å². The van der Waals surface area contributed by atoms with Gasteiger partial charge < -0.3 is 0 Å². The van der Waals surface area contributed by atoms with Gasteiger partial charge in [-0.15, -0.1) is 0 Å². The molecule has 0 aliphatic rings. The van der Waals surface area contributed by atoms with E-state index in [1.165, 1.54) is 11.6 Å². The van der Waals surface area contributed by atoms with Gasteiger partial charge >= 0.3 is 5.69 Å². The maximum Gasteiger partial charge on any atom is 0.332 e. The molecule has 0 amide bonds. The Morgan fingerprint density at radius 3 is 2.19 bits per heavy atom. The summed E-state index contributed by atoms with van der Waals surface area (Å²) in [5.74, 6) is 0. The number of halogens is 1. The van der Waals surface area contributed by atoms with Crippen molar-refractivity contribution in [1.29, 1.82) is 0 Å². The molecular formula is C20H17BrN4O2. The lowest BCUT2D eigenvalue weighted by molar-refractivity contribution is 0.685. The Balaban J connectivity index is 1.77. The molecule has 0 aliphatic carbocycles. The molecule has 27 heavy (non-hydrogen) atoms. The van der Waals surface area contributed by atoms with Crippen LogP contribution in [-0.2, 0) is 20.6 Å². The van der Waals surface area contributed by atoms with Crippen molar-refractivity contribution in [2.45, 2.75) is 6.54 Å². The van der Waals surface area contributed by atoms with Crippen molar-refractivity contribution < 1.29 is 0 Å². The van der Waals surface area contributed by atoms with Gasteiger partial charge in [0.25, 0.3) is 5.56 Å². The highest BCUT2D eigenvalue weighted by atomic mass is 79.9. The Bertz CT molecular complexity index is 1250. The zero-order valence-electron chi connectivity index (χ0n) is 14.9. The summed E-state index contributed by atoms with van der Waals surface area (Å²) in [6.45, 7) is 0.493. The van der Waals surface area contributed by atoms with E-state index in [2.05, 4.69) is 45.2 Å². The van der Waals surface area contributed by atoms with Gasteiger partial charge in [-0.1, -0.05) is 54.6 Å². The van der Waals surface area contributed by atoms with E-state index in [0.29, 0.717) is 16.9 Å². The van der Waals surface area contributed by atoms with Crippen LogP contribution in [0.4, 0.5) is 0 Å². The maximum atomic E-state index is 12.4. The molecule has 0 N–H and O–H groups in total. The Labute approximate surface area is 163 Å². The Morgan fingerprint density at radius 2 is 1.52 bits per heavy atom. The summed E-state index contributed by atoms with van der Waals surface area (Å²) in [6, 6.07) is 18.4. The molecule has 6 nitrogen and oxygen atoms in total. The van der Waals surface area contributed by atoms with Crippen LogP contribution in [0.15, 0.2) is 68.9 Å². The summed E-state index contributed by atoms with van der Waals surface area (Å²) in [5.41, 5.74) is 3.34. The SMILES string of the molecule is Cn1c(=O)c2nc(Br)n(Cc3ccc(-c4ccccc4)cc3)c2n(C)c1=O. The first kappa shape index (κ1) is 17.5. The standard InChI is InChI=1S/C20H17BrN4O2/c1-23-17-16(18(26)24(2)20(23)27)22-19(21)25(17)12-13-8-10-15(11-9-13)14-6-4-3-5-7-14/h3-11H,12H2,1-2H3. The average Bonchev–Trinajstić information content (AvgIpc) is 3.02. The van der Waals surface area contributed by atoms with E-state index >= 15 is 0 Å². The molecule has 4 aromatic rings. The van der Waals surface area contributed by atoms with Crippen molar-refractivity contribution in [3.8, 4) is 11.1 Å². The molecule has 7 heteroatoms. The molecule has 0 radical (unpaired) electrons. The molecule has 136 valence electrons. The third-order valence-electron chi connectivity index (χ3n) is 4.69. The quantitative estimate of drug-likeness (QED) is 0.475. The lowest BCUT2D eigenvalue weighted by atomic mass is 10.0. The average molecular weight is 425 g/mol. The smallest absolute Gasteiger partial charge is 0.300 e. The van der Waals surface area contributed by atoms with Gasteiger partial charge in [-0.3, -0.25) is 18.5 Å². The van der Waals surface area contributed by atoms with Crippen molar-refractivity contribution in [3.63, 3.8) is 0 Å². The summed E-state index contributed by atoms with van der Waals surface area (Å²) in [5, 5.41) is 0. The van der Waals surface area contributed by atoms with E-state index in [1.54, 1.807) is 7.05 Å². The molecule has 0 fully saturated rings. The van der Waals surface area contributed by atoms with Gasteiger partial charge in [0.2, 0.25) is 0 Å². The number of rotatable bonds is 3. The van der Waals surface area contributed by atoms with Crippen LogP contribution in [0.3, 0.4) is 0 Å². The van der Waals surface area contributed by atoms with Crippen molar-refractivity contribution >= 4 is 27.1 Å². The summed E-state index contributed by atoms with van der Waals surface area (Å²) in [6.07, 6.45) is 0. The second-order valence-corrected chi connectivity index (χ2v) is 7.12. The summed E-state index contributed by atoms with van der Waals surface area (Å²) < 4.78 is 4.87. The molecule has 0 aliphatic heterocycles. The molecule has 0 bridgehead atoms. The van der Waals surface area contributed by atoms with Crippen LogP contribution in [0.2, 0.25) is 0 Å². The number of hydrogen-bond acceptors (Lipinski definition) is 3. The third kappa shape index (κ3) is 2.94. The topological polar surface area (TPSA) is 61.8 Å². The highest BCUT2D eigenvalue weighted by Crippen LogP contribution is 2.22. The lowest BCUT2D eigenvalue weighted by Crippen LogP contribution is -2.37. The predicted molar refractivity (Wildman–Crippen MR) is 109 cm³/mol. The van der Waals surface area contributed by atoms with Crippen molar-refractivity contribution in [1.82, 2.24) is 18.7 Å². The van der Waals surface area contributed by atoms with E-state index in [1.807, 2.05) is 34.9 Å². The largest absolute Gasteiger partial charge is 0.332 e. The normalized spacial score (nSPS) is 11.2. The van der Waals surface area contributed by atoms with E-state index in [9.17, 15) is 9.59 Å². The number of nitrogens with zero attached hydrogens (tertiary/aromatic N) is 4. The van der Waals surface area contributed by atoms with Gasteiger partial charge in [-0.05, 0) is 32.6 Å². The van der Waals surface area contributed by atoms with Crippen LogP contribution < -0.4 is 11.2 Å². The molecule has 0 spiro atoms. The monoisotopic (exact) mass is 424 g/mol. The van der Waals surface area contributed by atoms with Crippen LogP contribution in [0.5, 0.6) is 0 Å². The fraction of sp³-hybridized carbons (Fsp3) is 0.150. The maximum absolute atomic E-state index is 12.4. The van der Waals surface area contributed by atoms with Crippen LogP contribution in [-0.4, -0.2) is 18.7 Å². The molecule has 2 aromatic carbocycles. The van der Waals surface area contributed by atoms with Crippen LogP contribution in [0.1, 0.15) is 5.56 Å². The van der Waals surface area contributed by atoms with Gasteiger partial charge in [0, 0.05) is 14.1 Å². The molecule has 0 saturated heterocycles. The fourth-order valence-corrected chi connectivity index (χ4v) is 3.69. The minimum atomic E-state index is -0.396. The number of hydrogen-bond donors (Lipinski definition) is 0. The molecule has 0 saturated carbocycles. The fourth-order valence-electron chi connectivity index (χ4n) is 3.22. The number of benzene rings is 2. The Morgan fingerprint density at radius 1 is 0.889 bits per heavy atom. The molecule has 0 atom stereocenters. The van der Waals surface area contributed by atoms with Crippen molar-refractivity contribution in [3.05, 3.63) is 85.7 Å². The molecule has 2 aromatic heterocycles. The minimum Gasteiger partial charge on any atom is -0.300 e. The first-order valence-corrected chi connectivity index (χ1v) is 9.23. The first-order valence-electron chi connectivity index (χ1n) is 8.43. The van der Waals surface area contributed by atoms with Crippen LogP contribution in [0, 0.1) is 0 Å². The number of aromatic nitrogens is 4. The van der Waals surface area contributed by atoms with Crippen LogP contribution in [0.25, 0.3) is 22.3 Å². The van der Waals surface area contributed by atoms with Gasteiger partial charge in [0.05, 0.1) is 6.54 Å². The van der Waals surface area contributed by atoms with Gasteiger partial charge in [-0.2, -0.15) is 0 Å². The lowest BCUT2D eigenvalue weighted by Gasteiger charge is -2.10. The molecule has 2 heterocycles. The van der Waals surface area contributed by atoms with Crippen LogP contribution >= 0.6 is 15.9 Å². The van der Waals surface area contributed by atoms with Crippen molar-refractivity contribution in [2.75, 3.05) is 0 Å². The summed E-state index contributed by atoms with van der Waals surface area (Å²) in [4.78, 5) is 29.0. The Kier molecular flexibility index (Phi) is 4.31. The predicted octanol–water partition coefficient (Wildman–Crippen LogP) is 2.91. The summed E-state index contributed by atoms with van der Waals surface area (Å²) >= 11 is 3.42. The second kappa shape index (κ2) is 6.66. The number of aryl methyl sites for hydroxylation is 1. The third-order valence-corrected chi connectivity index (χ3v) is 5.30. The van der Waals surface area contributed by atoms with Gasteiger partial charge in [-0.25, -0.2) is 9.78 Å². The van der Waals surface area contributed by atoms with Gasteiger partial charge in [0.15, 0.2) is 15.9 Å².